The van der Waals surface area contributed by atoms with Gasteiger partial charge in [0.2, 0.25) is 5.91 Å². The number of aromatic nitrogens is 1. The molecule has 26 heavy (non-hydrogen) atoms. The minimum atomic E-state index is -1.06. The predicted molar refractivity (Wildman–Crippen MR) is 104 cm³/mol. The number of nitrogens with two attached hydrogens (primary N) is 1. The van der Waals surface area contributed by atoms with Gasteiger partial charge in [0.25, 0.3) is 5.91 Å². The second-order valence-electron chi connectivity index (χ2n) is 6.25. The van der Waals surface area contributed by atoms with Gasteiger partial charge in [-0.05, 0) is 12.5 Å². The van der Waals surface area contributed by atoms with E-state index in [2.05, 4.69) is 4.98 Å². The van der Waals surface area contributed by atoms with Crippen LogP contribution in [0.3, 0.4) is 0 Å². The average molecular weight is 388 g/mol. The molecule has 1 aliphatic carbocycles. The summed E-state index contributed by atoms with van der Waals surface area (Å²) in [5, 5.41) is 3.04. The molecule has 0 spiro atoms. The Morgan fingerprint density at radius 1 is 1.31 bits per heavy atom. The third kappa shape index (κ3) is 3.18. The topological polar surface area (TPSA) is 76.3 Å². The Labute approximate surface area is 160 Å². The first-order valence-electron chi connectivity index (χ1n) is 7.97. The van der Waals surface area contributed by atoms with Gasteiger partial charge in [-0.3, -0.25) is 9.59 Å². The average Bonchev–Trinajstić information content (AvgIpc) is 3.11. The second-order valence-corrected chi connectivity index (χ2v) is 7.52. The smallest absolute Gasteiger partial charge is 0.252 e. The van der Waals surface area contributed by atoms with E-state index in [0.717, 1.165) is 5.56 Å². The van der Waals surface area contributed by atoms with Gasteiger partial charge < -0.3 is 10.6 Å². The van der Waals surface area contributed by atoms with Crippen molar-refractivity contribution in [3.05, 3.63) is 63.5 Å². The van der Waals surface area contributed by atoms with Crippen molar-refractivity contribution in [2.75, 3.05) is 14.1 Å². The van der Waals surface area contributed by atoms with Gasteiger partial charge >= 0.3 is 0 Å². The fourth-order valence-corrected chi connectivity index (χ4v) is 4.02. The Hall–Kier alpha value is -2.44. The number of likely N-dealkylation sites (N-methyl/N-ethyl adjacent to an activating group) is 1. The van der Waals surface area contributed by atoms with Crippen LogP contribution in [0.4, 0.5) is 0 Å². The number of nitrogens with zero attached hydrogens (tertiary/aromatic N) is 2. The molecule has 1 heterocycles. The monoisotopic (exact) mass is 387 g/mol. The molecule has 134 valence electrons. The number of halogens is 1. The van der Waals surface area contributed by atoms with E-state index < -0.39 is 11.3 Å². The number of carbonyl (C=O) groups excluding carboxylic acids is 2. The van der Waals surface area contributed by atoms with Gasteiger partial charge in [0.05, 0.1) is 5.69 Å². The van der Waals surface area contributed by atoms with Crippen molar-refractivity contribution in [3.63, 3.8) is 0 Å². The molecule has 2 amide bonds. The first-order valence-corrected chi connectivity index (χ1v) is 9.23. The molecule has 7 heteroatoms. The molecule has 1 atom stereocenters. The van der Waals surface area contributed by atoms with Crippen LogP contribution < -0.4 is 5.73 Å². The third-order valence-electron chi connectivity index (χ3n) is 4.32. The molecule has 5 nitrogen and oxygen atoms in total. The Morgan fingerprint density at radius 3 is 2.62 bits per heavy atom. The van der Waals surface area contributed by atoms with Crippen LogP contribution in [0.2, 0.25) is 5.02 Å². The summed E-state index contributed by atoms with van der Waals surface area (Å²) < 4.78 is 0. The fraction of sp³-hybridized carbons (Fsp3) is 0.211. The standard InChI is InChI=1S/C19H18ClN3O2S/c1-23(2)16(24)12-7-9-19(10-8-12,17(21)25)18-22-15(11-26-18)13-5-3-4-6-14(13)20/h3-9,11H,10H2,1-2H3,(H2,21,25). The van der Waals surface area contributed by atoms with Crippen molar-refractivity contribution in [1.82, 2.24) is 9.88 Å². The zero-order valence-electron chi connectivity index (χ0n) is 14.4. The molecule has 1 aromatic carbocycles. The Balaban J connectivity index is 1.97. The number of hydrogen-bond donors (Lipinski definition) is 1. The summed E-state index contributed by atoms with van der Waals surface area (Å²) in [7, 11) is 3.37. The maximum absolute atomic E-state index is 12.3. The second kappa shape index (κ2) is 7.05. The van der Waals surface area contributed by atoms with E-state index in [4.69, 9.17) is 17.3 Å². The summed E-state index contributed by atoms with van der Waals surface area (Å²) >= 11 is 7.60. The zero-order chi connectivity index (χ0) is 18.9. The molecule has 0 saturated heterocycles. The molecule has 1 unspecified atom stereocenters. The van der Waals surface area contributed by atoms with Crippen LogP contribution in [-0.2, 0) is 15.0 Å². The van der Waals surface area contributed by atoms with Crippen LogP contribution in [0.5, 0.6) is 0 Å². The summed E-state index contributed by atoms with van der Waals surface area (Å²) in [6.45, 7) is 0. The highest BCUT2D eigenvalue weighted by Crippen LogP contribution is 2.38. The van der Waals surface area contributed by atoms with Crippen LogP contribution in [0.15, 0.2) is 53.4 Å². The van der Waals surface area contributed by atoms with Gasteiger partial charge in [0, 0.05) is 35.6 Å². The molecule has 1 aliphatic rings. The molecule has 0 bridgehead atoms. The molecule has 0 fully saturated rings. The quantitative estimate of drug-likeness (QED) is 0.875. The van der Waals surface area contributed by atoms with Crippen molar-refractivity contribution in [2.24, 2.45) is 5.73 Å². The highest BCUT2D eigenvalue weighted by molar-refractivity contribution is 7.10. The number of benzene rings is 1. The number of hydrogen-bond acceptors (Lipinski definition) is 4. The van der Waals surface area contributed by atoms with Crippen molar-refractivity contribution in [2.45, 2.75) is 11.8 Å². The molecule has 0 radical (unpaired) electrons. The Morgan fingerprint density at radius 2 is 2.04 bits per heavy atom. The number of amides is 2. The Kier molecular flexibility index (Phi) is 4.98. The van der Waals surface area contributed by atoms with E-state index in [0.29, 0.717) is 27.7 Å². The first kappa shape index (κ1) is 18.4. The summed E-state index contributed by atoms with van der Waals surface area (Å²) in [6, 6.07) is 7.40. The van der Waals surface area contributed by atoms with E-state index in [1.54, 1.807) is 38.4 Å². The van der Waals surface area contributed by atoms with Crippen LogP contribution in [0.25, 0.3) is 11.3 Å². The molecule has 3 rings (SSSR count). The van der Waals surface area contributed by atoms with Crippen LogP contribution in [0.1, 0.15) is 11.4 Å². The van der Waals surface area contributed by atoms with Gasteiger partial charge in [-0.15, -0.1) is 11.3 Å². The summed E-state index contributed by atoms with van der Waals surface area (Å²) in [4.78, 5) is 30.5. The predicted octanol–water partition coefficient (Wildman–Crippen LogP) is 3.16. The highest BCUT2D eigenvalue weighted by Gasteiger charge is 2.40. The van der Waals surface area contributed by atoms with Gasteiger partial charge in [-0.25, -0.2) is 4.98 Å². The largest absolute Gasteiger partial charge is 0.369 e. The first-order chi connectivity index (χ1) is 12.3. The number of primary amides is 1. The maximum atomic E-state index is 12.3. The highest BCUT2D eigenvalue weighted by atomic mass is 35.5. The van der Waals surface area contributed by atoms with Crippen molar-refractivity contribution >= 4 is 34.8 Å². The minimum Gasteiger partial charge on any atom is -0.369 e. The van der Waals surface area contributed by atoms with Crippen LogP contribution >= 0.6 is 22.9 Å². The van der Waals surface area contributed by atoms with Gasteiger partial charge in [-0.1, -0.05) is 48.0 Å². The minimum absolute atomic E-state index is 0.116. The summed E-state index contributed by atoms with van der Waals surface area (Å²) in [5.41, 5.74) is 6.70. The molecule has 0 saturated carbocycles. The molecular formula is C19H18ClN3O2S. The van der Waals surface area contributed by atoms with Crippen LogP contribution in [-0.4, -0.2) is 35.8 Å². The number of rotatable bonds is 4. The Bertz CT molecular complexity index is 932. The van der Waals surface area contributed by atoms with Crippen molar-refractivity contribution < 1.29 is 9.59 Å². The summed E-state index contributed by atoms with van der Waals surface area (Å²) in [6.07, 6.45) is 5.36. The SMILES string of the molecule is CN(C)C(=O)C1=CCC(C(N)=O)(c2nc(-c3ccccc3Cl)cs2)C=C1. The third-order valence-corrected chi connectivity index (χ3v) is 5.67. The van der Waals surface area contributed by atoms with E-state index in [1.165, 1.54) is 16.2 Å². The van der Waals surface area contributed by atoms with Gasteiger partial charge in [-0.2, -0.15) is 0 Å². The number of allylic oxidation sites excluding steroid dienone is 1. The lowest BCUT2D eigenvalue weighted by molar-refractivity contribution is -0.125. The molecule has 2 N–H and O–H groups in total. The lowest BCUT2D eigenvalue weighted by Crippen LogP contribution is -2.40. The lowest BCUT2D eigenvalue weighted by Gasteiger charge is -2.27. The summed E-state index contributed by atoms with van der Waals surface area (Å²) in [5.74, 6) is -0.614. The molecule has 2 aromatic rings. The molecule has 1 aromatic heterocycles. The van der Waals surface area contributed by atoms with E-state index >= 15 is 0 Å². The van der Waals surface area contributed by atoms with Gasteiger partial charge in [0.1, 0.15) is 10.4 Å². The lowest BCUT2D eigenvalue weighted by atomic mass is 9.79. The van der Waals surface area contributed by atoms with E-state index in [1.807, 2.05) is 23.6 Å². The van der Waals surface area contributed by atoms with Crippen molar-refractivity contribution in [1.29, 1.82) is 0 Å². The molecular weight excluding hydrogens is 370 g/mol. The van der Waals surface area contributed by atoms with Crippen molar-refractivity contribution in [3.8, 4) is 11.3 Å². The van der Waals surface area contributed by atoms with E-state index in [-0.39, 0.29) is 5.91 Å². The number of thiazole rings is 1. The zero-order valence-corrected chi connectivity index (χ0v) is 16.0. The van der Waals surface area contributed by atoms with Crippen LogP contribution in [0, 0.1) is 0 Å². The van der Waals surface area contributed by atoms with E-state index in [9.17, 15) is 9.59 Å². The van der Waals surface area contributed by atoms with Gasteiger partial charge in [0.15, 0.2) is 0 Å². The molecule has 0 aliphatic heterocycles. The number of carbonyl (C=O) groups is 2. The normalized spacial score (nSPS) is 19.1. The maximum Gasteiger partial charge on any atom is 0.252 e. The fourth-order valence-electron chi connectivity index (χ4n) is 2.77.